The molecule has 2 aromatic rings. The summed E-state index contributed by atoms with van der Waals surface area (Å²) in [5.74, 6) is -0.0159. The van der Waals surface area contributed by atoms with Gasteiger partial charge in [0.1, 0.15) is 0 Å². The topological polar surface area (TPSA) is 75.0 Å². The fraction of sp³-hybridized carbons (Fsp3) is 0.389. The lowest BCUT2D eigenvalue weighted by molar-refractivity contribution is -0.116. The van der Waals surface area contributed by atoms with Crippen LogP contribution in [-0.2, 0) is 16.0 Å². The van der Waals surface area contributed by atoms with Crippen molar-refractivity contribution in [2.45, 2.75) is 38.2 Å². The Balaban J connectivity index is 1.51. The summed E-state index contributed by atoms with van der Waals surface area (Å²) in [6.45, 7) is 0.815. The van der Waals surface area contributed by atoms with E-state index >= 15 is 0 Å². The molecule has 1 atom stereocenters. The highest BCUT2D eigenvalue weighted by molar-refractivity contribution is 7.15. The monoisotopic (exact) mass is 341 g/mol. The lowest BCUT2D eigenvalue weighted by Crippen LogP contribution is -2.15. The fourth-order valence-electron chi connectivity index (χ4n) is 2.74. The normalized spacial score (nSPS) is 16.7. The summed E-state index contributed by atoms with van der Waals surface area (Å²) in [6.07, 6.45) is 6.09. The number of hydrogen-bond acceptors (Lipinski definition) is 5. The molecule has 124 valence electrons. The van der Waals surface area contributed by atoms with Crippen molar-refractivity contribution in [3.63, 3.8) is 0 Å². The molecule has 3 rings (SSSR count). The Morgan fingerprint density at radius 1 is 1.50 bits per heavy atom. The minimum absolute atomic E-state index is 0.0159. The van der Waals surface area contributed by atoms with Crippen LogP contribution in [0.15, 0.2) is 30.5 Å². The number of nitrogens with one attached hydrogen (secondary N) is 1. The van der Waals surface area contributed by atoms with Gasteiger partial charge in [-0.25, -0.2) is 4.98 Å². The summed E-state index contributed by atoms with van der Waals surface area (Å²) in [5.41, 5.74) is 1.72. The molecule has 0 radical (unpaired) electrons. The number of nitrogens with zero attached hydrogens (tertiary/aromatic N) is 2. The Morgan fingerprint density at radius 2 is 2.42 bits per heavy atom. The molecule has 0 spiro atoms. The van der Waals surface area contributed by atoms with Crippen LogP contribution in [0.25, 0.3) is 0 Å². The first-order valence-electron chi connectivity index (χ1n) is 8.08. The Kier molecular flexibility index (Phi) is 5.57. The number of aromatic nitrogens is 1. The van der Waals surface area contributed by atoms with Gasteiger partial charge in [0, 0.05) is 30.5 Å². The van der Waals surface area contributed by atoms with Gasteiger partial charge in [0.05, 0.1) is 17.7 Å². The van der Waals surface area contributed by atoms with E-state index in [4.69, 9.17) is 10.00 Å². The number of rotatable bonds is 6. The Labute approximate surface area is 145 Å². The predicted molar refractivity (Wildman–Crippen MR) is 92.9 cm³/mol. The van der Waals surface area contributed by atoms with Crippen molar-refractivity contribution < 1.29 is 9.53 Å². The third-order valence-electron chi connectivity index (χ3n) is 3.95. The fourth-order valence-corrected chi connectivity index (χ4v) is 3.61. The van der Waals surface area contributed by atoms with E-state index < -0.39 is 0 Å². The van der Waals surface area contributed by atoms with E-state index in [1.54, 1.807) is 12.3 Å². The van der Waals surface area contributed by atoms with Gasteiger partial charge >= 0.3 is 0 Å². The number of carbonyl (C=O) groups excluding carboxylic acids is 1. The van der Waals surface area contributed by atoms with Crippen molar-refractivity contribution in [1.82, 2.24) is 4.98 Å². The van der Waals surface area contributed by atoms with Crippen molar-refractivity contribution in [2.75, 3.05) is 11.9 Å². The van der Waals surface area contributed by atoms with Gasteiger partial charge in [-0.2, -0.15) is 5.26 Å². The Hall–Kier alpha value is -2.23. The highest BCUT2D eigenvalue weighted by Crippen LogP contribution is 2.22. The highest BCUT2D eigenvalue weighted by Gasteiger charge is 2.17. The molecule has 1 aliphatic heterocycles. The Bertz CT molecular complexity index is 745. The number of ether oxygens (including phenoxy) is 1. The van der Waals surface area contributed by atoms with Crippen molar-refractivity contribution >= 4 is 22.4 Å². The quantitative estimate of drug-likeness (QED) is 0.872. The second kappa shape index (κ2) is 8.04. The molecule has 0 bridgehead atoms. The van der Waals surface area contributed by atoms with Crippen LogP contribution in [0, 0.1) is 11.3 Å². The van der Waals surface area contributed by atoms with E-state index in [1.165, 1.54) is 11.3 Å². The van der Waals surface area contributed by atoms with Gasteiger partial charge in [-0.1, -0.05) is 12.1 Å². The molecule has 1 aromatic carbocycles. The minimum Gasteiger partial charge on any atom is -0.378 e. The van der Waals surface area contributed by atoms with Gasteiger partial charge in [0.25, 0.3) is 0 Å². The maximum atomic E-state index is 12.0. The highest BCUT2D eigenvalue weighted by atomic mass is 32.1. The van der Waals surface area contributed by atoms with E-state index in [0.29, 0.717) is 23.5 Å². The first-order valence-corrected chi connectivity index (χ1v) is 8.90. The second-order valence-corrected chi connectivity index (χ2v) is 6.96. The van der Waals surface area contributed by atoms with E-state index in [2.05, 4.69) is 16.4 Å². The zero-order valence-corrected chi connectivity index (χ0v) is 14.1. The minimum atomic E-state index is -0.0159. The number of benzene rings is 1. The van der Waals surface area contributed by atoms with Gasteiger partial charge in [-0.15, -0.1) is 11.3 Å². The van der Waals surface area contributed by atoms with E-state index in [9.17, 15) is 4.79 Å². The summed E-state index contributed by atoms with van der Waals surface area (Å²) in [5, 5.41) is 12.4. The average molecular weight is 341 g/mol. The van der Waals surface area contributed by atoms with Crippen molar-refractivity contribution in [1.29, 1.82) is 5.26 Å². The average Bonchev–Trinajstić information content (AvgIpc) is 3.25. The maximum Gasteiger partial charge on any atom is 0.226 e. The van der Waals surface area contributed by atoms with Crippen LogP contribution in [0.1, 0.15) is 41.7 Å². The third kappa shape index (κ3) is 4.63. The first kappa shape index (κ1) is 16.6. The van der Waals surface area contributed by atoms with E-state index in [0.717, 1.165) is 36.3 Å². The second-order valence-electron chi connectivity index (χ2n) is 5.84. The van der Waals surface area contributed by atoms with Crippen LogP contribution in [0.2, 0.25) is 0 Å². The predicted octanol–water partition coefficient (Wildman–Crippen LogP) is 3.50. The first-order chi connectivity index (χ1) is 11.7. The molecule has 1 aliphatic rings. The van der Waals surface area contributed by atoms with Crippen molar-refractivity contribution in [3.8, 4) is 6.07 Å². The van der Waals surface area contributed by atoms with Gasteiger partial charge < -0.3 is 10.1 Å². The molecule has 1 aromatic heterocycles. The smallest absolute Gasteiger partial charge is 0.226 e. The summed E-state index contributed by atoms with van der Waals surface area (Å²) in [6, 6.07) is 9.67. The zero-order chi connectivity index (χ0) is 16.8. The lowest BCUT2D eigenvalue weighted by Gasteiger charge is -2.07. The van der Waals surface area contributed by atoms with Crippen molar-refractivity contribution in [3.05, 3.63) is 46.5 Å². The lowest BCUT2D eigenvalue weighted by atomic mass is 10.1. The molecule has 2 heterocycles. The maximum absolute atomic E-state index is 12.0. The summed E-state index contributed by atoms with van der Waals surface area (Å²) < 4.78 is 5.53. The largest absolute Gasteiger partial charge is 0.378 e. The number of anilines is 1. The van der Waals surface area contributed by atoms with E-state index in [-0.39, 0.29) is 12.0 Å². The zero-order valence-electron chi connectivity index (χ0n) is 13.3. The molecular weight excluding hydrogens is 322 g/mol. The van der Waals surface area contributed by atoms with Crippen LogP contribution in [0.5, 0.6) is 0 Å². The van der Waals surface area contributed by atoms with Gasteiger partial charge in [0.2, 0.25) is 5.91 Å². The van der Waals surface area contributed by atoms with Crippen LogP contribution in [0.3, 0.4) is 0 Å². The molecule has 1 saturated heterocycles. The van der Waals surface area contributed by atoms with Crippen LogP contribution >= 0.6 is 11.3 Å². The van der Waals surface area contributed by atoms with E-state index in [1.807, 2.05) is 18.2 Å². The third-order valence-corrected chi connectivity index (χ3v) is 4.86. The van der Waals surface area contributed by atoms with Crippen LogP contribution < -0.4 is 5.32 Å². The number of amides is 1. The molecule has 1 fully saturated rings. The molecule has 1 amide bonds. The van der Waals surface area contributed by atoms with Gasteiger partial charge in [-0.05, 0) is 37.0 Å². The summed E-state index contributed by atoms with van der Waals surface area (Å²) >= 11 is 1.47. The molecule has 0 aliphatic carbocycles. The molecular formula is C18H19N3O2S. The molecule has 24 heavy (non-hydrogen) atoms. The molecule has 1 unspecified atom stereocenters. The molecule has 1 N–H and O–H groups in total. The SMILES string of the molecule is N#Cc1cccc(Cc2cnc(NC(=O)CCC3CCCO3)s2)c1. The van der Waals surface area contributed by atoms with Crippen LogP contribution in [0.4, 0.5) is 5.13 Å². The van der Waals surface area contributed by atoms with Crippen LogP contribution in [-0.4, -0.2) is 23.6 Å². The van der Waals surface area contributed by atoms with Gasteiger partial charge in [0.15, 0.2) is 5.13 Å². The molecule has 6 heteroatoms. The standard InChI is InChI=1S/C18H19N3O2S/c19-11-14-4-1-3-13(9-14)10-16-12-20-18(24-16)21-17(22)7-6-15-5-2-8-23-15/h1,3-4,9,12,15H,2,5-8,10H2,(H,20,21,22). The van der Waals surface area contributed by atoms with Gasteiger partial charge in [-0.3, -0.25) is 4.79 Å². The number of hydrogen-bond donors (Lipinski definition) is 1. The molecule has 5 nitrogen and oxygen atoms in total. The van der Waals surface area contributed by atoms with Crippen molar-refractivity contribution in [2.24, 2.45) is 0 Å². The summed E-state index contributed by atoms with van der Waals surface area (Å²) in [7, 11) is 0. The number of nitriles is 1. The number of thiazole rings is 1. The molecule has 0 saturated carbocycles. The summed E-state index contributed by atoms with van der Waals surface area (Å²) in [4.78, 5) is 17.3. The number of carbonyl (C=O) groups is 1. The Morgan fingerprint density at radius 3 is 3.21 bits per heavy atom.